The van der Waals surface area contributed by atoms with Crippen molar-refractivity contribution in [2.45, 2.75) is 45.4 Å². The Labute approximate surface area is 163 Å². The summed E-state index contributed by atoms with van der Waals surface area (Å²) in [6.45, 7) is 2.08. The number of hydrogen-bond donors (Lipinski definition) is 1. The van der Waals surface area contributed by atoms with Gasteiger partial charge in [0, 0.05) is 16.0 Å². The van der Waals surface area contributed by atoms with Gasteiger partial charge in [0.1, 0.15) is 0 Å². The van der Waals surface area contributed by atoms with Crippen LogP contribution in [0.1, 0.15) is 53.8 Å². The fraction of sp³-hybridized carbons (Fsp3) is 0.318. The van der Waals surface area contributed by atoms with Crippen LogP contribution < -0.4 is 5.43 Å². The van der Waals surface area contributed by atoms with Crippen LogP contribution in [0.2, 0.25) is 0 Å². The molecule has 4 nitrogen and oxygen atoms in total. The number of thiophene rings is 1. The molecule has 0 bridgehead atoms. The molecule has 5 heteroatoms. The Kier molecular flexibility index (Phi) is 5.30. The number of aromatic nitrogens is 1. The fourth-order valence-corrected chi connectivity index (χ4v) is 4.33. The van der Waals surface area contributed by atoms with Crippen molar-refractivity contribution in [3.8, 4) is 10.6 Å². The first kappa shape index (κ1) is 17.9. The molecular formula is C22H23N3OS. The van der Waals surface area contributed by atoms with E-state index in [4.69, 9.17) is 4.98 Å². The van der Waals surface area contributed by atoms with E-state index in [-0.39, 0.29) is 5.91 Å². The van der Waals surface area contributed by atoms with Crippen LogP contribution in [0.3, 0.4) is 0 Å². The Hall–Kier alpha value is -2.53. The van der Waals surface area contributed by atoms with Crippen LogP contribution in [0.4, 0.5) is 0 Å². The van der Waals surface area contributed by atoms with Gasteiger partial charge in [0.25, 0.3) is 5.91 Å². The van der Waals surface area contributed by atoms with Crippen LogP contribution in [0.15, 0.2) is 47.6 Å². The van der Waals surface area contributed by atoms with Crippen LogP contribution in [-0.4, -0.2) is 16.6 Å². The summed E-state index contributed by atoms with van der Waals surface area (Å²) in [7, 11) is 0. The summed E-state index contributed by atoms with van der Waals surface area (Å²) in [4.78, 5) is 20.0. The summed E-state index contributed by atoms with van der Waals surface area (Å²) in [5.74, 6) is -0.167. The number of para-hydroxylation sites is 1. The van der Waals surface area contributed by atoms with Crippen molar-refractivity contribution in [1.82, 2.24) is 10.4 Å². The number of hydrazone groups is 1. The summed E-state index contributed by atoms with van der Waals surface area (Å²) in [5, 5.41) is 5.29. The maximum atomic E-state index is 12.9. The van der Waals surface area contributed by atoms with E-state index in [0.717, 1.165) is 52.9 Å². The highest BCUT2D eigenvalue weighted by molar-refractivity contribution is 7.15. The lowest BCUT2D eigenvalue weighted by molar-refractivity contribution is 0.0956. The second kappa shape index (κ2) is 8.01. The first-order valence-electron chi connectivity index (χ1n) is 9.53. The minimum absolute atomic E-state index is 0.167. The van der Waals surface area contributed by atoms with E-state index in [2.05, 4.69) is 29.6 Å². The molecule has 0 aliphatic heterocycles. The lowest BCUT2D eigenvalue weighted by Gasteiger charge is -2.09. The van der Waals surface area contributed by atoms with E-state index in [9.17, 15) is 4.79 Å². The van der Waals surface area contributed by atoms with Gasteiger partial charge in [-0.05, 0) is 56.9 Å². The lowest BCUT2D eigenvalue weighted by atomic mass is 10.1. The molecule has 1 aromatic carbocycles. The lowest BCUT2D eigenvalue weighted by Crippen LogP contribution is -2.20. The zero-order valence-electron chi connectivity index (χ0n) is 15.5. The van der Waals surface area contributed by atoms with Gasteiger partial charge in [-0.2, -0.15) is 5.10 Å². The first-order valence-corrected chi connectivity index (χ1v) is 10.3. The van der Waals surface area contributed by atoms with Gasteiger partial charge in [0.15, 0.2) is 0 Å². The van der Waals surface area contributed by atoms with Gasteiger partial charge < -0.3 is 0 Å². The summed E-state index contributed by atoms with van der Waals surface area (Å²) in [6, 6.07) is 13.8. The van der Waals surface area contributed by atoms with Crippen LogP contribution in [0.25, 0.3) is 21.5 Å². The molecule has 0 spiro atoms. The quantitative estimate of drug-likeness (QED) is 0.469. The maximum absolute atomic E-state index is 12.9. The van der Waals surface area contributed by atoms with Gasteiger partial charge in [0.05, 0.1) is 21.7 Å². The third-order valence-corrected chi connectivity index (χ3v) is 5.97. The highest BCUT2D eigenvalue weighted by atomic mass is 32.1. The van der Waals surface area contributed by atoms with Crippen molar-refractivity contribution in [1.29, 1.82) is 0 Å². The van der Waals surface area contributed by atoms with E-state index >= 15 is 0 Å². The Morgan fingerprint density at radius 1 is 1.07 bits per heavy atom. The zero-order chi connectivity index (χ0) is 18.6. The number of nitrogens with one attached hydrogen (secondary N) is 1. The van der Waals surface area contributed by atoms with Gasteiger partial charge in [-0.1, -0.05) is 31.0 Å². The van der Waals surface area contributed by atoms with E-state index in [1.54, 1.807) is 11.3 Å². The van der Waals surface area contributed by atoms with Crippen molar-refractivity contribution in [2.75, 3.05) is 0 Å². The summed E-state index contributed by atoms with van der Waals surface area (Å²) < 4.78 is 0. The summed E-state index contributed by atoms with van der Waals surface area (Å²) in [5.41, 5.74) is 6.19. The number of carbonyl (C=O) groups is 1. The van der Waals surface area contributed by atoms with Crippen molar-refractivity contribution in [3.63, 3.8) is 0 Å². The number of rotatable bonds is 3. The molecule has 3 aromatic rings. The number of pyridine rings is 1. The molecule has 1 fully saturated rings. The van der Waals surface area contributed by atoms with Crippen LogP contribution in [0, 0.1) is 6.92 Å². The highest BCUT2D eigenvalue weighted by Crippen LogP contribution is 2.29. The molecule has 2 aromatic heterocycles. The number of amides is 1. The molecule has 1 N–H and O–H groups in total. The molecule has 0 saturated heterocycles. The molecular weight excluding hydrogens is 354 g/mol. The highest BCUT2D eigenvalue weighted by Gasteiger charge is 2.15. The SMILES string of the molecule is Cc1ccc(-c2cc(C(=O)NN=C3CCCCCC3)c3ccccc3n2)s1. The summed E-state index contributed by atoms with van der Waals surface area (Å²) >= 11 is 1.69. The molecule has 0 atom stereocenters. The molecule has 1 aliphatic carbocycles. The molecule has 2 heterocycles. The molecule has 0 unspecified atom stereocenters. The number of carbonyl (C=O) groups excluding carboxylic acids is 1. The molecule has 138 valence electrons. The van der Waals surface area contributed by atoms with E-state index in [1.807, 2.05) is 30.3 Å². The second-order valence-corrected chi connectivity index (χ2v) is 8.30. The standard InChI is InChI=1S/C22H23N3OS/c1-15-12-13-21(27-15)20-14-18(17-10-6-7-11-19(17)23-20)22(26)25-24-16-8-4-2-3-5-9-16/h6-7,10-14H,2-5,8-9H2,1H3,(H,25,26). The zero-order valence-corrected chi connectivity index (χ0v) is 16.3. The summed E-state index contributed by atoms with van der Waals surface area (Å²) in [6.07, 6.45) is 6.80. The predicted octanol–water partition coefficient (Wildman–Crippen LogP) is 5.71. The molecule has 0 radical (unpaired) electrons. The van der Waals surface area contributed by atoms with Gasteiger partial charge in [-0.3, -0.25) is 4.79 Å². The van der Waals surface area contributed by atoms with Crippen LogP contribution in [-0.2, 0) is 0 Å². The number of hydrogen-bond acceptors (Lipinski definition) is 4. The van der Waals surface area contributed by atoms with E-state index < -0.39 is 0 Å². The molecule has 1 aliphatic rings. The average Bonchev–Trinajstić information content (AvgIpc) is 2.96. The first-order chi connectivity index (χ1) is 13.2. The van der Waals surface area contributed by atoms with Crippen LogP contribution in [0.5, 0.6) is 0 Å². The van der Waals surface area contributed by atoms with E-state index in [1.165, 1.54) is 17.7 Å². The Morgan fingerprint density at radius 3 is 2.59 bits per heavy atom. The maximum Gasteiger partial charge on any atom is 0.272 e. The minimum atomic E-state index is -0.167. The Bertz CT molecular complexity index is 996. The molecule has 1 saturated carbocycles. The normalized spacial score (nSPS) is 14.8. The predicted molar refractivity (Wildman–Crippen MR) is 112 cm³/mol. The minimum Gasteiger partial charge on any atom is -0.267 e. The van der Waals surface area contributed by atoms with Crippen molar-refractivity contribution in [3.05, 3.63) is 52.9 Å². The van der Waals surface area contributed by atoms with Gasteiger partial charge in [-0.15, -0.1) is 11.3 Å². The number of nitrogens with zero attached hydrogens (tertiary/aromatic N) is 2. The third kappa shape index (κ3) is 4.08. The topological polar surface area (TPSA) is 54.4 Å². The van der Waals surface area contributed by atoms with Crippen molar-refractivity contribution >= 4 is 33.9 Å². The average molecular weight is 378 g/mol. The van der Waals surface area contributed by atoms with E-state index in [0.29, 0.717) is 5.56 Å². The van der Waals surface area contributed by atoms with Crippen molar-refractivity contribution in [2.24, 2.45) is 5.10 Å². The van der Waals surface area contributed by atoms with Crippen LogP contribution >= 0.6 is 11.3 Å². The number of benzene rings is 1. The monoisotopic (exact) mass is 377 g/mol. The number of fused-ring (bicyclic) bond motifs is 1. The Morgan fingerprint density at radius 2 is 1.85 bits per heavy atom. The smallest absolute Gasteiger partial charge is 0.267 e. The molecule has 27 heavy (non-hydrogen) atoms. The largest absolute Gasteiger partial charge is 0.272 e. The van der Waals surface area contributed by atoms with Gasteiger partial charge in [0.2, 0.25) is 0 Å². The second-order valence-electron chi connectivity index (χ2n) is 7.02. The third-order valence-electron chi connectivity index (χ3n) is 4.95. The molecule has 1 amide bonds. The number of aryl methyl sites for hydroxylation is 1. The van der Waals surface area contributed by atoms with Crippen molar-refractivity contribution < 1.29 is 4.79 Å². The molecule has 4 rings (SSSR count). The fourth-order valence-electron chi connectivity index (χ4n) is 3.50. The Balaban J connectivity index is 1.68. The van der Waals surface area contributed by atoms with Gasteiger partial charge >= 0.3 is 0 Å². The van der Waals surface area contributed by atoms with Gasteiger partial charge in [-0.25, -0.2) is 10.4 Å².